The van der Waals surface area contributed by atoms with Crippen molar-refractivity contribution < 1.29 is 0 Å². The minimum absolute atomic E-state index is 0.329. The zero-order valence-electron chi connectivity index (χ0n) is 5.50. The second-order valence-corrected chi connectivity index (χ2v) is 1.67. The van der Waals surface area contributed by atoms with Crippen LogP contribution in [-0.2, 0) is 7.05 Å². The molecule has 56 valence electrons. The fourth-order valence-corrected chi connectivity index (χ4v) is 0.571. The van der Waals surface area contributed by atoms with Gasteiger partial charge in [-0.3, -0.25) is 10.9 Å². The van der Waals surface area contributed by atoms with E-state index in [0.29, 0.717) is 11.9 Å². The topological polar surface area (TPSA) is 107 Å². The monoisotopic (exact) mass is 143 g/mol. The molecule has 0 radical (unpaired) electrons. The summed E-state index contributed by atoms with van der Waals surface area (Å²) >= 11 is 0. The molecule has 0 fully saturated rings. The molecule has 1 rings (SSSR count). The molecule has 1 aromatic heterocycles. The van der Waals surface area contributed by atoms with Crippen LogP contribution in [0, 0.1) is 0 Å². The van der Waals surface area contributed by atoms with Crippen LogP contribution < -0.4 is 22.5 Å². The Labute approximate surface area is 57.3 Å². The molecule has 0 aliphatic rings. The second-order valence-electron chi connectivity index (χ2n) is 1.67. The average molecular weight is 143 g/mol. The van der Waals surface area contributed by atoms with E-state index < -0.39 is 0 Å². The normalized spacial score (nSPS) is 9.50. The Kier molecular flexibility index (Phi) is 1.69. The minimum Gasteiger partial charge on any atom is -0.292 e. The maximum absolute atomic E-state index is 5.08. The first-order valence-corrected chi connectivity index (χ1v) is 2.62. The summed E-state index contributed by atoms with van der Waals surface area (Å²) in [6.45, 7) is 0. The molecular formula is C3H9N7. The summed E-state index contributed by atoms with van der Waals surface area (Å²) < 4.78 is 1.47. The van der Waals surface area contributed by atoms with Gasteiger partial charge in [-0.2, -0.15) is 4.98 Å². The van der Waals surface area contributed by atoms with Gasteiger partial charge in [0, 0.05) is 7.05 Å². The van der Waals surface area contributed by atoms with Crippen LogP contribution in [0.1, 0.15) is 0 Å². The van der Waals surface area contributed by atoms with Crippen LogP contribution in [0.3, 0.4) is 0 Å². The molecule has 1 aromatic rings. The fraction of sp³-hybridized carbons (Fsp3) is 0.333. The van der Waals surface area contributed by atoms with E-state index in [9.17, 15) is 0 Å². The molecule has 0 aromatic carbocycles. The summed E-state index contributed by atoms with van der Waals surface area (Å²) in [4.78, 5) is 3.83. The highest BCUT2D eigenvalue weighted by atomic mass is 15.5. The van der Waals surface area contributed by atoms with Gasteiger partial charge in [-0.1, -0.05) is 0 Å². The van der Waals surface area contributed by atoms with E-state index in [1.807, 2.05) is 0 Å². The predicted octanol–water partition coefficient (Wildman–Crippen LogP) is -1.61. The molecule has 0 saturated carbocycles. The van der Waals surface area contributed by atoms with Crippen molar-refractivity contribution in [1.29, 1.82) is 0 Å². The van der Waals surface area contributed by atoms with Crippen LogP contribution in [-0.4, -0.2) is 14.8 Å². The number of rotatable bonds is 2. The van der Waals surface area contributed by atoms with Crippen molar-refractivity contribution in [3.8, 4) is 0 Å². The van der Waals surface area contributed by atoms with Crippen molar-refractivity contribution in [2.45, 2.75) is 0 Å². The van der Waals surface area contributed by atoms with Crippen molar-refractivity contribution in [3.63, 3.8) is 0 Å². The van der Waals surface area contributed by atoms with Gasteiger partial charge in [0.2, 0.25) is 5.95 Å². The zero-order valence-corrected chi connectivity index (χ0v) is 5.50. The molecule has 10 heavy (non-hydrogen) atoms. The maximum atomic E-state index is 5.08. The van der Waals surface area contributed by atoms with Gasteiger partial charge >= 0.3 is 0 Å². The summed E-state index contributed by atoms with van der Waals surface area (Å²) in [5, 5.41) is 3.83. The number of nitrogens with zero attached hydrogens (tertiary/aromatic N) is 3. The van der Waals surface area contributed by atoms with Crippen LogP contribution in [0.2, 0.25) is 0 Å². The highest BCUT2D eigenvalue weighted by Gasteiger charge is 2.01. The van der Waals surface area contributed by atoms with Crippen LogP contribution in [0.15, 0.2) is 0 Å². The van der Waals surface area contributed by atoms with Crippen molar-refractivity contribution >= 4 is 11.9 Å². The lowest BCUT2D eigenvalue weighted by Crippen LogP contribution is -2.11. The number of hydrogen-bond acceptors (Lipinski definition) is 6. The number of aryl methyl sites for hydroxylation is 1. The molecule has 0 spiro atoms. The molecule has 0 saturated heterocycles. The van der Waals surface area contributed by atoms with E-state index in [2.05, 4.69) is 20.9 Å². The molecular weight excluding hydrogens is 134 g/mol. The SMILES string of the molecule is Cn1nc(NN)nc1NN. The van der Waals surface area contributed by atoms with Crippen LogP contribution in [0.4, 0.5) is 11.9 Å². The lowest BCUT2D eigenvalue weighted by molar-refractivity contribution is 0.771. The first-order chi connectivity index (χ1) is 4.77. The van der Waals surface area contributed by atoms with Gasteiger partial charge in [0.25, 0.3) is 5.95 Å². The maximum Gasteiger partial charge on any atom is 0.258 e. The third-order valence-electron chi connectivity index (χ3n) is 1.02. The third-order valence-corrected chi connectivity index (χ3v) is 1.02. The lowest BCUT2D eigenvalue weighted by atomic mass is 11.0. The highest BCUT2D eigenvalue weighted by molar-refractivity contribution is 5.32. The summed E-state index contributed by atoms with van der Waals surface area (Å²) in [7, 11) is 1.70. The van der Waals surface area contributed by atoms with Gasteiger partial charge in [-0.25, -0.2) is 16.4 Å². The van der Waals surface area contributed by atoms with Gasteiger partial charge in [-0.05, 0) is 0 Å². The summed E-state index contributed by atoms with van der Waals surface area (Å²) in [5.41, 5.74) is 4.63. The van der Waals surface area contributed by atoms with E-state index in [4.69, 9.17) is 11.7 Å². The van der Waals surface area contributed by atoms with Crippen molar-refractivity contribution in [1.82, 2.24) is 14.8 Å². The first-order valence-electron chi connectivity index (χ1n) is 2.62. The number of hydrogen-bond donors (Lipinski definition) is 4. The van der Waals surface area contributed by atoms with E-state index >= 15 is 0 Å². The fourth-order valence-electron chi connectivity index (χ4n) is 0.571. The Bertz CT molecular complexity index is 215. The summed E-state index contributed by atoms with van der Waals surface area (Å²) in [5.74, 6) is 10.9. The Morgan fingerprint density at radius 1 is 1.40 bits per heavy atom. The van der Waals surface area contributed by atoms with Crippen LogP contribution in [0.5, 0.6) is 0 Å². The summed E-state index contributed by atoms with van der Waals surface area (Å²) in [6.07, 6.45) is 0. The Morgan fingerprint density at radius 2 is 2.10 bits per heavy atom. The predicted molar refractivity (Wildman–Crippen MR) is 36.6 cm³/mol. The molecule has 0 amide bonds. The molecule has 7 nitrogen and oxygen atoms in total. The molecule has 0 aliphatic heterocycles. The largest absolute Gasteiger partial charge is 0.292 e. The summed E-state index contributed by atoms with van der Waals surface area (Å²) in [6, 6.07) is 0. The second kappa shape index (κ2) is 2.50. The minimum atomic E-state index is 0.329. The Balaban J connectivity index is 2.92. The average Bonchev–Trinajstić information content (AvgIpc) is 2.30. The molecule has 0 atom stereocenters. The van der Waals surface area contributed by atoms with Crippen molar-refractivity contribution in [2.75, 3.05) is 10.9 Å². The Morgan fingerprint density at radius 3 is 2.40 bits per heavy atom. The number of anilines is 2. The number of nitrogens with two attached hydrogens (primary N) is 2. The molecule has 0 bridgehead atoms. The van der Waals surface area contributed by atoms with Gasteiger partial charge in [-0.15, -0.1) is 5.10 Å². The zero-order chi connectivity index (χ0) is 7.56. The van der Waals surface area contributed by atoms with Crippen molar-refractivity contribution in [3.05, 3.63) is 0 Å². The number of nitrogens with one attached hydrogen (secondary N) is 2. The number of hydrazine groups is 2. The first kappa shape index (κ1) is 6.78. The van der Waals surface area contributed by atoms with E-state index in [-0.39, 0.29) is 0 Å². The lowest BCUT2D eigenvalue weighted by Gasteiger charge is -1.93. The van der Waals surface area contributed by atoms with E-state index in [1.54, 1.807) is 7.05 Å². The molecule has 0 unspecified atom stereocenters. The van der Waals surface area contributed by atoms with Gasteiger partial charge in [0.1, 0.15) is 0 Å². The molecule has 0 aliphatic carbocycles. The van der Waals surface area contributed by atoms with Crippen LogP contribution in [0.25, 0.3) is 0 Å². The van der Waals surface area contributed by atoms with Crippen LogP contribution >= 0.6 is 0 Å². The third kappa shape index (κ3) is 0.993. The smallest absolute Gasteiger partial charge is 0.258 e. The molecule has 1 heterocycles. The van der Waals surface area contributed by atoms with Gasteiger partial charge < -0.3 is 0 Å². The van der Waals surface area contributed by atoms with Gasteiger partial charge in [0.05, 0.1) is 0 Å². The quantitative estimate of drug-likeness (QED) is 0.293. The molecule has 7 heteroatoms. The Hall–Kier alpha value is -1.34. The van der Waals surface area contributed by atoms with Crippen molar-refractivity contribution in [2.24, 2.45) is 18.7 Å². The van der Waals surface area contributed by atoms with Gasteiger partial charge in [0.15, 0.2) is 0 Å². The van der Waals surface area contributed by atoms with E-state index in [1.165, 1.54) is 4.68 Å². The molecule has 6 N–H and O–H groups in total. The standard InChI is InChI=1S/C3H9N7/c1-10-3(8-5)6-2(7-4)9-10/h4-5H2,1H3,(H2,6,7,8,9). The van der Waals surface area contributed by atoms with E-state index in [0.717, 1.165) is 0 Å². The number of aromatic nitrogens is 3. The number of nitrogen functional groups attached to an aromatic ring is 2. The highest BCUT2D eigenvalue weighted by Crippen LogP contribution is 2.02.